The zero-order chi connectivity index (χ0) is 14.6. The van der Waals surface area contributed by atoms with E-state index in [0.717, 1.165) is 13.0 Å². The molecule has 0 radical (unpaired) electrons. The lowest BCUT2D eigenvalue weighted by Gasteiger charge is -2.24. The number of hydrogen-bond acceptors (Lipinski definition) is 3. The van der Waals surface area contributed by atoms with Crippen LogP contribution in [0.15, 0.2) is 0 Å². The molecule has 6 heteroatoms. The van der Waals surface area contributed by atoms with E-state index < -0.39 is 10.2 Å². The van der Waals surface area contributed by atoms with Crippen molar-refractivity contribution in [3.63, 3.8) is 0 Å². The molecule has 0 spiro atoms. The van der Waals surface area contributed by atoms with E-state index in [4.69, 9.17) is 0 Å². The van der Waals surface area contributed by atoms with Gasteiger partial charge in [0, 0.05) is 32.7 Å². The molecule has 1 fully saturated rings. The summed E-state index contributed by atoms with van der Waals surface area (Å²) in [5.41, 5.74) is 0. The van der Waals surface area contributed by atoms with Gasteiger partial charge in [-0.3, -0.25) is 0 Å². The van der Waals surface area contributed by atoms with Crippen LogP contribution in [0.3, 0.4) is 0 Å². The quantitative estimate of drug-likeness (QED) is 0.716. The summed E-state index contributed by atoms with van der Waals surface area (Å²) < 4.78 is 27.9. The van der Waals surface area contributed by atoms with Crippen molar-refractivity contribution in [3.8, 4) is 0 Å². The van der Waals surface area contributed by atoms with Gasteiger partial charge in [-0.2, -0.15) is 17.0 Å². The van der Waals surface area contributed by atoms with Crippen LogP contribution in [-0.4, -0.2) is 56.3 Å². The zero-order valence-electron chi connectivity index (χ0n) is 12.9. The van der Waals surface area contributed by atoms with Crippen molar-refractivity contribution in [2.75, 3.05) is 33.2 Å². The molecule has 0 aliphatic carbocycles. The van der Waals surface area contributed by atoms with Crippen molar-refractivity contribution in [3.05, 3.63) is 0 Å². The molecule has 2 atom stereocenters. The molecule has 1 N–H and O–H groups in total. The molecule has 1 heterocycles. The Hall–Kier alpha value is -0.170. The standard InChI is InChI=1S/C13H29N3O2S/c1-11(2)14-7-6-8-15(5)19(17,18)16-9-12(3)13(4)10-16/h11-14H,6-10H2,1-5H3. The second-order valence-electron chi connectivity index (χ2n) is 6.06. The predicted molar refractivity (Wildman–Crippen MR) is 79.2 cm³/mol. The Morgan fingerprint density at radius 2 is 1.79 bits per heavy atom. The Morgan fingerprint density at radius 1 is 1.26 bits per heavy atom. The third-order valence-electron chi connectivity index (χ3n) is 3.88. The third-order valence-corrected chi connectivity index (χ3v) is 5.80. The maximum absolute atomic E-state index is 12.4. The lowest BCUT2D eigenvalue weighted by Crippen LogP contribution is -2.41. The summed E-state index contributed by atoms with van der Waals surface area (Å²) >= 11 is 0. The van der Waals surface area contributed by atoms with Crippen molar-refractivity contribution in [2.45, 2.75) is 40.2 Å². The first-order valence-electron chi connectivity index (χ1n) is 7.20. The minimum Gasteiger partial charge on any atom is -0.314 e. The van der Waals surface area contributed by atoms with Crippen LogP contribution in [-0.2, 0) is 10.2 Å². The molecule has 0 aromatic rings. The van der Waals surface area contributed by atoms with Crippen LogP contribution >= 0.6 is 0 Å². The van der Waals surface area contributed by atoms with E-state index >= 15 is 0 Å². The summed E-state index contributed by atoms with van der Waals surface area (Å²) in [5.74, 6) is 0.900. The summed E-state index contributed by atoms with van der Waals surface area (Å²) in [6.45, 7) is 11.1. The zero-order valence-corrected chi connectivity index (χ0v) is 13.7. The van der Waals surface area contributed by atoms with Crippen LogP contribution in [0, 0.1) is 11.8 Å². The predicted octanol–water partition coefficient (Wildman–Crippen LogP) is 1.14. The minimum absolute atomic E-state index is 0.446. The van der Waals surface area contributed by atoms with E-state index in [1.54, 1.807) is 11.4 Å². The Labute approximate surface area is 118 Å². The highest BCUT2D eigenvalue weighted by Crippen LogP contribution is 2.25. The molecule has 0 amide bonds. The van der Waals surface area contributed by atoms with E-state index in [2.05, 4.69) is 33.0 Å². The molecule has 0 bridgehead atoms. The molecular formula is C13H29N3O2S. The molecule has 5 nitrogen and oxygen atoms in total. The molecular weight excluding hydrogens is 262 g/mol. The number of rotatable bonds is 7. The smallest absolute Gasteiger partial charge is 0.281 e. The van der Waals surface area contributed by atoms with E-state index in [0.29, 0.717) is 37.5 Å². The van der Waals surface area contributed by atoms with Crippen LogP contribution < -0.4 is 5.32 Å². The Bertz CT molecular complexity index is 360. The first-order chi connectivity index (χ1) is 8.75. The van der Waals surface area contributed by atoms with Crippen LogP contribution in [0.4, 0.5) is 0 Å². The largest absolute Gasteiger partial charge is 0.314 e. The number of hydrogen-bond donors (Lipinski definition) is 1. The second kappa shape index (κ2) is 7.02. The van der Waals surface area contributed by atoms with Crippen molar-refractivity contribution in [1.29, 1.82) is 0 Å². The topological polar surface area (TPSA) is 52.7 Å². The van der Waals surface area contributed by atoms with Crippen molar-refractivity contribution >= 4 is 10.2 Å². The van der Waals surface area contributed by atoms with Gasteiger partial charge in [0.25, 0.3) is 10.2 Å². The van der Waals surface area contributed by atoms with Gasteiger partial charge in [-0.05, 0) is 24.8 Å². The molecule has 0 aromatic heterocycles. The van der Waals surface area contributed by atoms with Gasteiger partial charge in [0.15, 0.2) is 0 Å². The van der Waals surface area contributed by atoms with Crippen molar-refractivity contribution < 1.29 is 8.42 Å². The lowest BCUT2D eigenvalue weighted by molar-refractivity contribution is 0.381. The average Bonchev–Trinajstić information content (AvgIpc) is 2.65. The summed E-state index contributed by atoms with van der Waals surface area (Å²) in [6.07, 6.45) is 0.840. The van der Waals surface area contributed by atoms with Gasteiger partial charge in [-0.15, -0.1) is 0 Å². The Balaban J connectivity index is 2.44. The maximum atomic E-state index is 12.4. The Kier molecular flexibility index (Phi) is 6.23. The first-order valence-corrected chi connectivity index (χ1v) is 8.59. The lowest BCUT2D eigenvalue weighted by atomic mass is 10.0. The van der Waals surface area contributed by atoms with Gasteiger partial charge in [-0.25, -0.2) is 0 Å². The second-order valence-corrected chi connectivity index (χ2v) is 8.10. The van der Waals surface area contributed by atoms with Gasteiger partial charge in [0.05, 0.1) is 0 Å². The molecule has 0 saturated carbocycles. The normalized spacial score (nSPS) is 25.6. The van der Waals surface area contributed by atoms with E-state index in [-0.39, 0.29) is 0 Å². The van der Waals surface area contributed by atoms with Crippen molar-refractivity contribution in [2.24, 2.45) is 11.8 Å². The molecule has 1 aliphatic rings. The van der Waals surface area contributed by atoms with Gasteiger partial charge in [0.1, 0.15) is 0 Å². The molecule has 1 aliphatic heterocycles. The third kappa shape index (κ3) is 4.70. The summed E-state index contributed by atoms with van der Waals surface area (Å²) in [4.78, 5) is 0. The highest BCUT2D eigenvalue weighted by atomic mass is 32.2. The molecule has 0 aromatic carbocycles. The van der Waals surface area contributed by atoms with Crippen molar-refractivity contribution in [1.82, 2.24) is 13.9 Å². The molecule has 114 valence electrons. The van der Waals surface area contributed by atoms with E-state index in [9.17, 15) is 8.42 Å². The SMILES string of the molecule is CC(C)NCCCN(C)S(=O)(=O)N1CC(C)C(C)C1. The van der Waals surface area contributed by atoms with Crippen LogP contribution in [0.2, 0.25) is 0 Å². The summed E-state index contributed by atoms with van der Waals surface area (Å²) in [5, 5.41) is 3.30. The summed E-state index contributed by atoms with van der Waals surface area (Å²) in [7, 11) is -1.59. The number of nitrogens with zero attached hydrogens (tertiary/aromatic N) is 2. The molecule has 1 saturated heterocycles. The van der Waals surface area contributed by atoms with Gasteiger partial charge < -0.3 is 5.32 Å². The van der Waals surface area contributed by atoms with E-state index in [1.807, 2.05) is 0 Å². The van der Waals surface area contributed by atoms with Gasteiger partial charge in [-0.1, -0.05) is 27.7 Å². The molecule has 1 rings (SSSR count). The number of nitrogens with one attached hydrogen (secondary N) is 1. The fourth-order valence-corrected chi connectivity index (χ4v) is 3.87. The highest BCUT2D eigenvalue weighted by molar-refractivity contribution is 7.86. The average molecular weight is 291 g/mol. The first kappa shape index (κ1) is 16.9. The summed E-state index contributed by atoms with van der Waals surface area (Å²) in [6, 6.07) is 0.446. The van der Waals surface area contributed by atoms with Crippen LogP contribution in [0.25, 0.3) is 0 Å². The highest BCUT2D eigenvalue weighted by Gasteiger charge is 2.35. The minimum atomic E-state index is -3.27. The van der Waals surface area contributed by atoms with Gasteiger partial charge >= 0.3 is 0 Å². The fourth-order valence-electron chi connectivity index (χ4n) is 2.27. The Morgan fingerprint density at radius 3 is 2.26 bits per heavy atom. The van der Waals surface area contributed by atoms with E-state index in [1.165, 1.54) is 4.31 Å². The molecule has 2 unspecified atom stereocenters. The monoisotopic (exact) mass is 291 g/mol. The van der Waals surface area contributed by atoms with Crippen LogP contribution in [0.5, 0.6) is 0 Å². The van der Waals surface area contributed by atoms with Gasteiger partial charge in [0.2, 0.25) is 0 Å². The van der Waals surface area contributed by atoms with Crippen LogP contribution in [0.1, 0.15) is 34.1 Å². The molecule has 19 heavy (non-hydrogen) atoms. The maximum Gasteiger partial charge on any atom is 0.281 e. The fraction of sp³-hybridized carbons (Fsp3) is 1.00.